The highest BCUT2D eigenvalue weighted by Gasteiger charge is 2.20. The summed E-state index contributed by atoms with van der Waals surface area (Å²) < 4.78 is 0. The van der Waals surface area contributed by atoms with Crippen LogP contribution in [0.5, 0.6) is 0 Å². The Labute approximate surface area is 84.2 Å². The highest BCUT2D eigenvalue weighted by molar-refractivity contribution is 5.27. The van der Waals surface area contributed by atoms with Gasteiger partial charge in [0.1, 0.15) is 0 Å². The summed E-state index contributed by atoms with van der Waals surface area (Å²) in [5.41, 5.74) is 7.85. The molecular weight excluding hydrogens is 176 g/mol. The maximum Gasteiger partial charge on any atom is 0.220 e. The molecule has 0 spiro atoms. The molecule has 0 unspecified atom stereocenters. The van der Waals surface area contributed by atoms with Gasteiger partial charge >= 0.3 is 0 Å². The Kier molecular flexibility index (Phi) is 2.37. The number of aromatic nitrogens is 2. The molecule has 1 aliphatic rings. The fourth-order valence-electron chi connectivity index (χ4n) is 1.88. The molecule has 0 saturated carbocycles. The Bertz CT molecular complexity index is 335. The second-order valence-corrected chi connectivity index (χ2v) is 4.26. The first-order valence-electron chi connectivity index (χ1n) is 4.98. The van der Waals surface area contributed by atoms with Gasteiger partial charge in [-0.1, -0.05) is 13.8 Å². The Morgan fingerprint density at radius 2 is 2.29 bits per heavy atom. The maximum atomic E-state index is 5.54. The van der Waals surface area contributed by atoms with Crippen LogP contribution in [0.4, 0.5) is 5.95 Å². The van der Waals surface area contributed by atoms with Crippen molar-refractivity contribution in [1.29, 1.82) is 0 Å². The van der Waals surface area contributed by atoms with Gasteiger partial charge in [-0.25, -0.2) is 9.97 Å². The van der Waals surface area contributed by atoms with Crippen LogP contribution in [0.15, 0.2) is 6.20 Å². The van der Waals surface area contributed by atoms with Crippen molar-refractivity contribution in [3.8, 4) is 0 Å². The average molecular weight is 192 g/mol. The third-order valence-electron chi connectivity index (χ3n) is 2.36. The molecule has 2 heterocycles. The smallest absolute Gasteiger partial charge is 0.220 e. The van der Waals surface area contributed by atoms with E-state index < -0.39 is 0 Å². The van der Waals surface area contributed by atoms with Crippen molar-refractivity contribution in [2.75, 3.05) is 12.3 Å². The van der Waals surface area contributed by atoms with Crippen molar-refractivity contribution in [3.05, 3.63) is 17.5 Å². The van der Waals surface area contributed by atoms with E-state index >= 15 is 0 Å². The number of fused-ring (bicyclic) bond motifs is 1. The lowest BCUT2D eigenvalue weighted by atomic mass is 10.2. The van der Waals surface area contributed by atoms with Gasteiger partial charge in [-0.15, -0.1) is 0 Å². The Balaban J connectivity index is 2.10. The van der Waals surface area contributed by atoms with Gasteiger partial charge in [-0.3, -0.25) is 4.90 Å². The molecule has 0 aliphatic carbocycles. The van der Waals surface area contributed by atoms with E-state index in [9.17, 15) is 0 Å². The molecule has 0 amide bonds. The van der Waals surface area contributed by atoms with Crippen molar-refractivity contribution in [3.63, 3.8) is 0 Å². The van der Waals surface area contributed by atoms with Crippen molar-refractivity contribution in [1.82, 2.24) is 14.9 Å². The minimum absolute atomic E-state index is 0.384. The van der Waals surface area contributed by atoms with Crippen LogP contribution in [0.1, 0.15) is 25.1 Å². The number of nitrogen functional groups attached to an aromatic ring is 1. The van der Waals surface area contributed by atoms with Gasteiger partial charge in [-0.05, 0) is 5.92 Å². The first-order valence-corrected chi connectivity index (χ1v) is 4.98. The van der Waals surface area contributed by atoms with Gasteiger partial charge in [0.25, 0.3) is 0 Å². The maximum absolute atomic E-state index is 5.54. The summed E-state index contributed by atoms with van der Waals surface area (Å²) in [5.74, 6) is 1.07. The molecule has 0 bridgehead atoms. The molecule has 0 aromatic carbocycles. The normalized spacial score (nSPS) is 16.2. The summed E-state index contributed by atoms with van der Waals surface area (Å²) in [5, 5.41) is 0. The number of nitrogens with two attached hydrogens (primary N) is 1. The fraction of sp³-hybridized carbons (Fsp3) is 0.600. The van der Waals surface area contributed by atoms with Crippen LogP contribution in [0.3, 0.4) is 0 Å². The summed E-state index contributed by atoms with van der Waals surface area (Å²) >= 11 is 0. The van der Waals surface area contributed by atoms with Gasteiger partial charge in [-0.2, -0.15) is 0 Å². The zero-order chi connectivity index (χ0) is 10.1. The molecule has 0 radical (unpaired) electrons. The molecule has 2 N–H and O–H groups in total. The van der Waals surface area contributed by atoms with E-state index in [0.29, 0.717) is 11.9 Å². The Morgan fingerprint density at radius 1 is 1.50 bits per heavy atom. The van der Waals surface area contributed by atoms with E-state index in [2.05, 4.69) is 28.7 Å². The number of rotatable bonds is 2. The third kappa shape index (κ3) is 1.85. The summed E-state index contributed by atoms with van der Waals surface area (Å²) in [6.45, 7) is 7.44. The lowest BCUT2D eigenvalue weighted by Gasteiger charge is -2.16. The highest BCUT2D eigenvalue weighted by Crippen LogP contribution is 2.21. The molecule has 14 heavy (non-hydrogen) atoms. The predicted octanol–water partition coefficient (Wildman–Crippen LogP) is 1.03. The van der Waals surface area contributed by atoms with E-state index in [1.165, 1.54) is 5.56 Å². The molecule has 1 aromatic heterocycles. The van der Waals surface area contributed by atoms with E-state index in [0.717, 1.165) is 25.3 Å². The Morgan fingerprint density at radius 3 is 3.00 bits per heavy atom. The van der Waals surface area contributed by atoms with Gasteiger partial charge in [0, 0.05) is 31.4 Å². The molecule has 4 nitrogen and oxygen atoms in total. The van der Waals surface area contributed by atoms with Crippen molar-refractivity contribution < 1.29 is 0 Å². The molecule has 2 rings (SSSR count). The zero-order valence-corrected chi connectivity index (χ0v) is 8.70. The van der Waals surface area contributed by atoms with Gasteiger partial charge in [0.2, 0.25) is 5.95 Å². The molecule has 0 atom stereocenters. The number of hydrogen-bond acceptors (Lipinski definition) is 4. The second-order valence-electron chi connectivity index (χ2n) is 4.26. The van der Waals surface area contributed by atoms with Gasteiger partial charge in [0.05, 0.1) is 5.69 Å². The lowest BCUT2D eigenvalue weighted by molar-refractivity contribution is 0.250. The lowest BCUT2D eigenvalue weighted by Crippen LogP contribution is -2.21. The minimum atomic E-state index is 0.384. The number of anilines is 1. The van der Waals surface area contributed by atoms with Crippen LogP contribution in [0, 0.1) is 5.92 Å². The molecule has 76 valence electrons. The van der Waals surface area contributed by atoms with E-state index in [4.69, 9.17) is 5.73 Å². The summed E-state index contributed by atoms with van der Waals surface area (Å²) in [7, 11) is 0. The average Bonchev–Trinajstić information content (AvgIpc) is 2.44. The van der Waals surface area contributed by atoms with Crippen molar-refractivity contribution in [2.24, 2.45) is 5.92 Å². The quantitative estimate of drug-likeness (QED) is 0.760. The second kappa shape index (κ2) is 3.53. The monoisotopic (exact) mass is 192 g/mol. The van der Waals surface area contributed by atoms with Gasteiger partial charge in [0.15, 0.2) is 0 Å². The molecular formula is C10H16N4. The van der Waals surface area contributed by atoms with E-state index in [1.807, 2.05) is 6.20 Å². The van der Waals surface area contributed by atoms with Crippen LogP contribution in [0.2, 0.25) is 0 Å². The topological polar surface area (TPSA) is 55.0 Å². The highest BCUT2D eigenvalue weighted by atomic mass is 15.2. The summed E-state index contributed by atoms with van der Waals surface area (Å²) in [6.07, 6.45) is 1.85. The van der Waals surface area contributed by atoms with Crippen molar-refractivity contribution in [2.45, 2.75) is 26.9 Å². The van der Waals surface area contributed by atoms with Crippen LogP contribution < -0.4 is 5.73 Å². The van der Waals surface area contributed by atoms with E-state index in [1.54, 1.807) is 0 Å². The number of hydrogen-bond donors (Lipinski definition) is 1. The van der Waals surface area contributed by atoms with Crippen LogP contribution in [0.25, 0.3) is 0 Å². The predicted molar refractivity (Wildman–Crippen MR) is 55.4 cm³/mol. The largest absolute Gasteiger partial charge is 0.368 e. The SMILES string of the molecule is CC(C)CN1Cc2cnc(N)nc2C1. The third-order valence-corrected chi connectivity index (χ3v) is 2.36. The van der Waals surface area contributed by atoms with Crippen LogP contribution >= 0.6 is 0 Å². The summed E-state index contributed by atoms with van der Waals surface area (Å²) in [4.78, 5) is 10.6. The number of nitrogens with zero attached hydrogens (tertiary/aromatic N) is 3. The first-order chi connectivity index (χ1) is 6.65. The Hall–Kier alpha value is -1.16. The molecule has 4 heteroatoms. The minimum Gasteiger partial charge on any atom is -0.368 e. The molecule has 1 aliphatic heterocycles. The van der Waals surface area contributed by atoms with Crippen LogP contribution in [-0.2, 0) is 13.1 Å². The molecule has 0 fully saturated rings. The zero-order valence-electron chi connectivity index (χ0n) is 8.70. The van der Waals surface area contributed by atoms with E-state index in [-0.39, 0.29) is 0 Å². The molecule has 1 aromatic rings. The summed E-state index contributed by atoms with van der Waals surface area (Å²) in [6, 6.07) is 0. The van der Waals surface area contributed by atoms with Crippen molar-refractivity contribution >= 4 is 5.95 Å². The fourth-order valence-corrected chi connectivity index (χ4v) is 1.88. The molecule has 0 saturated heterocycles. The van der Waals surface area contributed by atoms with Gasteiger partial charge < -0.3 is 5.73 Å². The standard InChI is InChI=1S/C10H16N4/c1-7(2)4-14-5-8-3-12-10(11)13-9(8)6-14/h3,7H,4-6H2,1-2H3,(H2,11,12,13). The first kappa shape index (κ1) is 9.40. The van der Waals surface area contributed by atoms with Crippen LogP contribution in [-0.4, -0.2) is 21.4 Å².